The zero-order valence-corrected chi connectivity index (χ0v) is 15.2. The number of nitrogens with one attached hydrogen (secondary N) is 1. The molecule has 25 heavy (non-hydrogen) atoms. The Morgan fingerprint density at radius 2 is 2.16 bits per heavy atom. The van der Waals surface area contributed by atoms with Gasteiger partial charge < -0.3 is 15.8 Å². The molecule has 0 aromatic carbocycles. The third-order valence-corrected chi connectivity index (χ3v) is 5.34. The number of nitrogens with zero attached hydrogens (tertiary/aromatic N) is 4. The summed E-state index contributed by atoms with van der Waals surface area (Å²) in [7, 11) is 1.65. The maximum atomic E-state index is 5.92. The largest absolute Gasteiger partial charge is 0.377 e. The number of aryl methyl sites for hydroxylation is 1. The minimum Gasteiger partial charge on any atom is -0.377 e. The lowest BCUT2D eigenvalue weighted by Gasteiger charge is -2.32. The van der Waals surface area contributed by atoms with Crippen molar-refractivity contribution in [1.82, 2.24) is 19.4 Å². The van der Waals surface area contributed by atoms with Gasteiger partial charge in [-0.15, -0.1) is 11.3 Å². The van der Waals surface area contributed by atoms with Crippen LogP contribution in [-0.4, -0.2) is 32.5 Å². The molecule has 0 atom stereocenters. The number of ether oxygens (including phenoxy) is 1. The molecular formula is C17H22N6OS. The summed E-state index contributed by atoms with van der Waals surface area (Å²) in [5, 5.41) is 3.37. The Morgan fingerprint density at radius 1 is 1.32 bits per heavy atom. The molecule has 0 saturated heterocycles. The molecule has 3 N–H and O–H groups in total. The van der Waals surface area contributed by atoms with Crippen molar-refractivity contribution in [2.75, 3.05) is 12.4 Å². The van der Waals surface area contributed by atoms with Gasteiger partial charge in [0.25, 0.3) is 0 Å². The summed E-state index contributed by atoms with van der Waals surface area (Å²) in [6.07, 6.45) is 6.11. The Labute approximate surface area is 150 Å². The van der Waals surface area contributed by atoms with Crippen molar-refractivity contribution >= 4 is 22.1 Å². The maximum absolute atomic E-state index is 5.92. The molecule has 1 aliphatic carbocycles. The first-order valence-corrected chi connectivity index (χ1v) is 9.22. The van der Waals surface area contributed by atoms with Crippen LogP contribution < -0.4 is 11.1 Å². The van der Waals surface area contributed by atoms with E-state index in [4.69, 9.17) is 10.5 Å². The normalized spacial score (nSPS) is 20.0. The second-order valence-corrected chi connectivity index (χ2v) is 7.79. The van der Waals surface area contributed by atoms with E-state index in [1.165, 1.54) is 4.88 Å². The minimum absolute atomic E-state index is 0.296. The van der Waals surface area contributed by atoms with Crippen molar-refractivity contribution in [3.63, 3.8) is 0 Å². The van der Waals surface area contributed by atoms with Crippen molar-refractivity contribution in [1.29, 1.82) is 0 Å². The molecule has 1 aliphatic rings. The Kier molecular flexibility index (Phi) is 4.41. The summed E-state index contributed by atoms with van der Waals surface area (Å²) in [6, 6.07) is 2.32. The number of rotatable bonds is 6. The highest BCUT2D eigenvalue weighted by atomic mass is 32.1. The van der Waals surface area contributed by atoms with Crippen molar-refractivity contribution in [3.05, 3.63) is 40.5 Å². The summed E-state index contributed by atoms with van der Waals surface area (Å²) in [4.78, 5) is 16.1. The van der Waals surface area contributed by atoms with Gasteiger partial charge in [-0.3, -0.25) is 4.40 Å². The molecule has 0 radical (unpaired) electrons. The lowest BCUT2D eigenvalue weighted by molar-refractivity contribution is 0.177. The van der Waals surface area contributed by atoms with Crippen molar-refractivity contribution in [2.24, 2.45) is 5.73 Å². The van der Waals surface area contributed by atoms with Gasteiger partial charge in [-0.05, 0) is 19.8 Å². The standard InChI is InChI=1S/C17H22N6OS/c1-10-7-23-8-13(20-17(23)25-10)6-19-15-5-14(11-3-12(18)4-11)21-16(22-15)9-24-2/h5,7-8,11-12H,3-4,6,9,18H2,1-2H3,(H,19,21,22). The zero-order valence-electron chi connectivity index (χ0n) is 14.4. The molecule has 3 heterocycles. The van der Waals surface area contributed by atoms with Gasteiger partial charge in [-0.2, -0.15) is 0 Å². The van der Waals surface area contributed by atoms with Gasteiger partial charge in [-0.1, -0.05) is 0 Å². The Balaban J connectivity index is 1.50. The summed E-state index contributed by atoms with van der Waals surface area (Å²) >= 11 is 1.69. The van der Waals surface area contributed by atoms with Crippen LogP contribution in [0.3, 0.4) is 0 Å². The molecule has 3 aromatic heterocycles. The SMILES string of the molecule is COCc1nc(NCc2cn3cc(C)sc3n2)cc(C2CC(N)C2)n1. The molecule has 0 amide bonds. The number of imidazole rings is 1. The van der Waals surface area contributed by atoms with E-state index in [0.29, 0.717) is 30.9 Å². The number of hydrogen-bond acceptors (Lipinski definition) is 7. The molecule has 1 saturated carbocycles. The fourth-order valence-electron chi connectivity index (χ4n) is 3.14. The molecule has 0 bridgehead atoms. The lowest BCUT2D eigenvalue weighted by atomic mass is 9.78. The third-order valence-electron chi connectivity index (χ3n) is 4.43. The number of aromatic nitrogens is 4. The number of thiazole rings is 1. The van der Waals surface area contributed by atoms with Gasteiger partial charge in [0.05, 0.1) is 12.2 Å². The number of nitrogens with two attached hydrogens (primary N) is 1. The van der Waals surface area contributed by atoms with E-state index in [-0.39, 0.29) is 0 Å². The monoisotopic (exact) mass is 358 g/mol. The van der Waals surface area contributed by atoms with E-state index in [2.05, 4.69) is 44.0 Å². The van der Waals surface area contributed by atoms with E-state index in [0.717, 1.165) is 35.0 Å². The maximum Gasteiger partial charge on any atom is 0.194 e. The fraction of sp³-hybridized carbons (Fsp3) is 0.471. The quantitative estimate of drug-likeness (QED) is 0.703. The van der Waals surface area contributed by atoms with Gasteiger partial charge >= 0.3 is 0 Å². The van der Waals surface area contributed by atoms with Gasteiger partial charge in [0.15, 0.2) is 10.8 Å². The van der Waals surface area contributed by atoms with Gasteiger partial charge in [0.1, 0.15) is 12.4 Å². The van der Waals surface area contributed by atoms with E-state index in [1.54, 1.807) is 18.4 Å². The first kappa shape index (κ1) is 16.4. The predicted molar refractivity (Wildman–Crippen MR) is 97.8 cm³/mol. The fourth-order valence-corrected chi connectivity index (χ4v) is 3.97. The average Bonchev–Trinajstić information content (AvgIpc) is 3.07. The first-order valence-electron chi connectivity index (χ1n) is 8.41. The highest BCUT2D eigenvalue weighted by Gasteiger charge is 2.29. The molecule has 1 fully saturated rings. The average molecular weight is 358 g/mol. The topological polar surface area (TPSA) is 90.4 Å². The third kappa shape index (κ3) is 3.51. The molecule has 4 rings (SSSR count). The summed E-state index contributed by atoms with van der Waals surface area (Å²) < 4.78 is 7.27. The Morgan fingerprint density at radius 3 is 2.88 bits per heavy atom. The minimum atomic E-state index is 0.296. The molecule has 0 aliphatic heterocycles. The highest BCUT2D eigenvalue weighted by molar-refractivity contribution is 7.16. The highest BCUT2D eigenvalue weighted by Crippen LogP contribution is 2.35. The van der Waals surface area contributed by atoms with Crippen molar-refractivity contribution < 1.29 is 4.74 Å². The van der Waals surface area contributed by atoms with Crippen LogP contribution >= 0.6 is 11.3 Å². The summed E-state index contributed by atoms with van der Waals surface area (Å²) in [6.45, 7) is 3.12. The molecule has 8 heteroatoms. The second kappa shape index (κ2) is 6.70. The second-order valence-electron chi connectivity index (χ2n) is 6.57. The molecule has 3 aromatic rings. The van der Waals surface area contributed by atoms with Crippen LogP contribution in [-0.2, 0) is 17.9 Å². The number of fused-ring (bicyclic) bond motifs is 1. The van der Waals surface area contributed by atoms with Crippen LogP contribution in [0.25, 0.3) is 4.96 Å². The molecule has 0 unspecified atom stereocenters. The van der Waals surface area contributed by atoms with Crippen LogP contribution in [0.2, 0.25) is 0 Å². The van der Waals surface area contributed by atoms with Crippen LogP contribution in [0, 0.1) is 6.92 Å². The van der Waals surface area contributed by atoms with E-state index < -0.39 is 0 Å². The molecule has 7 nitrogen and oxygen atoms in total. The number of anilines is 1. The molecule has 0 spiro atoms. The zero-order chi connectivity index (χ0) is 17.4. The number of hydrogen-bond donors (Lipinski definition) is 2. The van der Waals surface area contributed by atoms with Crippen LogP contribution in [0.1, 0.15) is 40.8 Å². The van der Waals surface area contributed by atoms with Crippen LogP contribution in [0.5, 0.6) is 0 Å². The summed E-state index contributed by atoms with van der Waals surface area (Å²) in [5.41, 5.74) is 7.96. The Hall–Kier alpha value is -2.03. The molecular weight excluding hydrogens is 336 g/mol. The Bertz CT molecular complexity index is 851. The smallest absolute Gasteiger partial charge is 0.194 e. The van der Waals surface area contributed by atoms with Crippen LogP contribution in [0.15, 0.2) is 18.5 Å². The van der Waals surface area contributed by atoms with E-state index in [9.17, 15) is 0 Å². The molecule has 132 valence electrons. The van der Waals surface area contributed by atoms with Gasteiger partial charge in [0.2, 0.25) is 0 Å². The van der Waals surface area contributed by atoms with Crippen molar-refractivity contribution in [2.45, 2.75) is 44.9 Å². The van der Waals surface area contributed by atoms with Gasteiger partial charge in [-0.25, -0.2) is 15.0 Å². The predicted octanol–water partition coefficient (Wildman–Crippen LogP) is 2.46. The lowest BCUT2D eigenvalue weighted by Crippen LogP contribution is -2.35. The summed E-state index contributed by atoms with van der Waals surface area (Å²) in [5.74, 6) is 1.93. The van der Waals surface area contributed by atoms with Gasteiger partial charge in [0, 0.05) is 48.1 Å². The van der Waals surface area contributed by atoms with E-state index >= 15 is 0 Å². The first-order chi connectivity index (χ1) is 12.1. The van der Waals surface area contributed by atoms with E-state index in [1.807, 2.05) is 6.07 Å². The van der Waals surface area contributed by atoms with Crippen molar-refractivity contribution in [3.8, 4) is 0 Å². The van der Waals surface area contributed by atoms with Crippen LogP contribution in [0.4, 0.5) is 5.82 Å². The number of methoxy groups -OCH3 is 1.